The molecule has 0 N–H and O–H groups in total. The summed E-state index contributed by atoms with van der Waals surface area (Å²) in [5, 5.41) is 0. The number of nitrogens with zero attached hydrogens (tertiary/aromatic N) is 2. The molecule has 1 aliphatic carbocycles. The molecule has 124 valence electrons. The van der Waals surface area contributed by atoms with Gasteiger partial charge in [-0.3, -0.25) is 0 Å². The van der Waals surface area contributed by atoms with E-state index in [1.807, 2.05) is 0 Å². The summed E-state index contributed by atoms with van der Waals surface area (Å²) in [4.78, 5) is 0. The van der Waals surface area contributed by atoms with Gasteiger partial charge in [0.1, 0.15) is 13.1 Å². The van der Waals surface area contributed by atoms with Crippen molar-refractivity contribution < 1.29 is 37.7 Å². The summed E-state index contributed by atoms with van der Waals surface area (Å²) in [5.41, 5.74) is 0. The number of fused-ring (bicyclic) bond motifs is 1. The molecule has 2 atom stereocenters. The molecular formula is C17H34IN2O+. The lowest BCUT2D eigenvalue weighted by molar-refractivity contribution is -0.928. The molecule has 0 radical (unpaired) electrons. The number of morpholine rings is 1. The number of quaternary nitrogens is 2. The van der Waals surface area contributed by atoms with E-state index >= 15 is 0 Å². The molecule has 2 heterocycles. The molecule has 2 unspecified atom stereocenters. The quantitative estimate of drug-likeness (QED) is 0.433. The predicted octanol–water partition coefficient (Wildman–Crippen LogP) is -0.876. The Hall–Kier alpha value is 0.610. The Balaban J connectivity index is 0.00000161. The molecule has 3 nitrogen and oxygen atoms in total. The molecule has 3 fully saturated rings. The Bertz CT molecular complexity index is 317. The number of ether oxygens (including phenoxy) is 1. The second kappa shape index (κ2) is 7.45. The zero-order valence-corrected chi connectivity index (χ0v) is 16.2. The fraction of sp³-hybridized carbons (Fsp3) is 1.00. The summed E-state index contributed by atoms with van der Waals surface area (Å²) in [6.07, 6.45) is 7.42. The van der Waals surface area contributed by atoms with Gasteiger partial charge in [-0.15, -0.1) is 0 Å². The highest BCUT2D eigenvalue weighted by molar-refractivity contribution is 4.80. The molecule has 1 saturated carbocycles. The molecule has 3 aliphatic rings. The van der Waals surface area contributed by atoms with Gasteiger partial charge in [0.15, 0.2) is 0 Å². The number of rotatable bonds is 4. The first-order valence-electron chi connectivity index (χ1n) is 8.84. The van der Waals surface area contributed by atoms with Crippen LogP contribution in [0.5, 0.6) is 0 Å². The maximum atomic E-state index is 5.51. The van der Waals surface area contributed by atoms with E-state index in [0.29, 0.717) is 0 Å². The first-order valence-corrected chi connectivity index (χ1v) is 8.84. The van der Waals surface area contributed by atoms with E-state index < -0.39 is 0 Å². The van der Waals surface area contributed by atoms with Crippen molar-refractivity contribution in [3.05, 3.63) is 0 Å². The normalized spacial score (nSPS) is 38.6. The summed E-state index contributed by atoms with van der Waals surface area (Å²) in [5.74, 6) is 2.11. The van der Waals surface area contributed by atoms with Crippen molar-refractivity contribution in [1.29, 1.82) is 0 Å². The van der Waals surface area contributed by atoms with Crippen LogP contribution in [0.2, 0.25) is 0 Å². The molecule has 2 aliphatic heterocycles. The van der Waals surface area contributed by atoms with Gasteiger partial charge < -0.3 is 37.7 Å². The van der Waals surface area contributed by atoms with Gasteiger partial charge in [-0.1, -0.05) is 12.8 Å². The number of hydrogen-bond donors (Lipinski definition) is 0. The molecule has 2 saturated heterocycles. The molecular weight excluding hydrogens is 375 g/mol. The predicted molar refractivity (Wildman–Crippen MR) is 82.5 cm³/mol. The van der Waals surface area contributed by atoms with E-state index in [1.165, 1.54) is 80.3 Å². The van der Waals surface area contributed by atoms with Crippen LogP contribution in [0.4, 0.5) is 0 Å². The average Bonchev–Trinajstić information content (AvgIpc) is 2.75. The summed E-state index contributed by atoms with van der Waals surface area (Å²) < 4.78 is 8.12. The minimum atomic E-state index is 0. The summed E-state index contributed by atoms with van der Waals surface area (Å²) in [7, 11) is 4.95. The topological polar surface area (TPSA) is 9.23 Å². The number of halogens is 1. The molecule has 0 aromatic rings. The molecule has 0 amide bonds. The summed E-state index contributed by atoms with van der Waals surface area (Å²) >= 11 is 0. The number of hydrogen-bond acceptors (Lipinski definition) is 1. The van der Waals surface area contributed by atoms with Crippen molar-refractivity contribution in [3.8, 4) is 0 Å². The second-order valence-corrected chi connectivity index (χ2v) is 8.27. The molecule has 4 heteroatoms. The Morgan fingerprint density at radius 1 is 0.857 bits per heavy atom. The monoisotopic (exact) mass is 409 g/mol. The highest BCUT2D eigenvalue weighted by atomic mass is 127. The Labute approximate surface area is 148 Å². The van der Waals surface area contributed by atoms with Gasteiger partial charge in [-0.05, 0) is 12.8 Å². The molecule has 0 bridgehead atoms. The first kappa shape index (κ1) is 18.0. The minimum Gasteiger partial charge on any atom is -1.00 e. The van der Waals surface area contributed by atoms with Crippen LogP contribution in [0.3, 0.4) is 0 Å². The van der Waals surface area contributed by atoms with E-state index in [9.17, 15) is 0 Å². The lowest BCUT2D eigenvalue weighted by Gasteiger charge is -2.38. The Kier molecular flexibility index (Phi) is 6.37. The van der Waals surface area contributed by atoms with Crippen LogP contribution in [0.1, 0.15) is 32.1 Å². The average molecular weight is 409 g/mol. The van der Waals surface area contributed by atoms with Crippen LogP contribution in [-0.4, -0.2) is 75.5 Å². The van der Waals surface area contributed by atoms with Gasteiger partial charge in [0.2, 0.25) is 0 Å². The lowest BCUT2D eigenvalue weighted by atomic mass is 9.82. The minimum absolute atomic E-state index is 0. The van der Waals surface area contributed by atoms with Crippen molar-refractivity contribution in [3.63, 3.8) is 0 Å². The Morgan fingerprint density at radius 3 is 1.95 bits per heavy atom. The third kappa shape index (κ3) is 4.55. The van der Waals surface area contributed by atoms with E-state index in [1.54, 1.807) is 0 Å². The van der Waals surface area contributed by atoms with Gasteiger partial charge >= 0.3 is 0 Å². The Morgan fingerprint density at radius 2 is 1.38 bits per heavy atom. The van der Waals surface area contributed by atoms with E-state index in [4.69, 9.17) is 4.74 Å². The maximum absolute atomic E-state index is 5.51. The van der Waals surface area contributed by atoms with E-state index in [0.717, 1.165) is 25.0 Å². The van der Waals surface area contributed by atoms with Crippen LogP contribution in [0.15, 0.2) is 0 Å². The number of likely N-dealkylation sites (tertiary alicyclic amines) is 1. The van der Waals surface area contributed by atoms with Crippen molar-refractivity contribution in [1.82, 2.24) is 0 Å². The standard InChI is InChI=1S/C17H34N2O.HI/c1-18(10-12-20-13-11-18)8-5-9-19(2)14-16-6-3-4-7-17(16)15-19;/h16-17H,3-15H2,1-2H3;1H/q+2;/p-1. The van der Waals surface area contributed by atoms with E-state index in [-0.39, 0.29) is 24.0 Å². The molecule has 0 aromatic heterocycles. The van der Waals surface area contributed by atoms with Gasteiger partial charge in [0.05, 0.1) is 53.5 Å². The highest BCUT2D eigenvalue weighted by Gasteiger charge is 2.43. The fourth-order valence-corrected chi connectivity index (χ4v) is 5.00. The molecule has 0 aromatic carbocycles. The molecule has 0 spiro atoms. The maximum Gasteiger partial charge on any atom is 0.102 e. The smallest absolute Gasteiger partial charge is 0.102 e. The summed E-state index contributed by atoms with van der Waals surface area (Å²) in [6, 6.07) is 0. The second-order valence-electron chi connectivity index (χ2n) is 8.27. The first-order chi connectivity index (χ1) is 9.59. The van der Waals surface area contributed by atoms with Crippen LogP contribution in [-0.2, 0) is 4.74 Å². The van der Waals surface area contributed by atoms with Gasteiger partial charge in [0, 0.05) is 18.3 Å². The van der Waals surface area contributed by atoms with Crippen molar-refractivity contribution in [2.24, 2.45) is 11.8 Å². The zero-order chi connectivity index (χ0) is 14.1. The number of likely N-dealkylation sites (N-methyl/N-ethyl adjacent to an activating group) is 1. The lowest BCUT2D eigenvalue weighted by Crippen LogP contribution is -3.00. The van der Waals surface area contributed by atoms with Crippen molar-refractivity contribution in [2.45, 2.75) is 32.1 Å². The fourth-order valence-electron chi connectivity index (χ4n) is 5.00. The van der Waals surface area contributed by atoms with Crippen molar-refractivity contribution in [2.75, 3.05) is 66.6 Å². The van der Waals surface area contributed by atoms with Crippen LogP contribution in [0, 0.1) is 11.8 Å². The SMILES string of the molecule is C[N+]1(CCC[N+]2(C)CC3CCCCC3C2)CCOCC1.[I-]. The zero-order valence-electron chi connectivity index (χ0n) is 14.0. The largest absolute Gasteiger partial charge is 1.00 e. The summed E-state index contributed by atoms with van der Waals surface area (Å²) in [6.45, 7) is 10.1. The van der Waals surface area contributed by atoms with E-state index in [2.05, 4.69) is 14.1 Å². The highest BCUT2D eigenvalue weighted by Crippen LogP contribution is 2.39. The third-order valence-corrected chi connectivity index (χ3v) is 6.36. The van der Waals surface area contributed by atoms with Crippen LogP contribution < -0.4 is 24.0 Å². The third-order valence-electron chi connectivity index (χ3n) is 6.36. The molecule has 21 heavy (non-hydrogen) atoms. The van der Waals surface area contributed by atoms with Crippen LogP contribution in [0.25, 0.3) is 0 Å². The molecule has 3 rings (SSSR count). The van der Waals surface area contributed by atoms with Gasteiger partial charge in [-0.2, -0.15) is 0 Å². The van der Waals surface area contributed by atoms with Gasteiger partial charge in [0.25, 0.3) is 0 Å². The van der Waals surface area contributed by atoms with Crippen molar-refractivity contribution >= 4 is 0 Å². The van der Waals surface area contributed by atoms with Gasteiger partial charge in [-0.25, -0.2) is 0 Å². The van der Waals surface area contributed by atoms with Crippen LogP contribution >= 0.6 is 0 Å².